The Balaban J connectivity index is 2.27. The molecule has 1 fully saturated rings. The van der Waals surface area contributed by atoms with Crippen LogP contribution in [0.2, 0.25) is 0 Å². The van der Waals surface area contributed by atoms with Crippen LogP contribution >= 0.6 is 11.8 Å². The van der Waals surface area contributed by atoms with Crippen LogP contribution in [0.1, 0.15) is 33.6 Å². The molecule has 1 atom stereocenters. The molecule has 1 saturated carbocycles. The van der Waals surface area contributed by atoms with Crippen LogP contribution in [0.5, 0.6) is 0 Å². The van der Waals surface area contributed by atoms with E-state index in [1.54, 1.807) is 0 Å². The summed E-state index contributed by atoms with van der Waals surface area (Å²) in [5.41, 5.74) is 0. The van der Waals surface area contributed by atoms with E-state index in [1.165, 1.54) is 12.8 Å². The lowest BCUT2D eigenvalue weighted by molar-refractivity contribution is -0.145. The highest BCUT2D eigenvalue weighted by molar-refractivity contribution is 7.99. The number of carbonyl (C=O) groups is 1. The van der Waals surface area contributed by atoms with Gasteiger partial charge < -0.3 is 10.1 Å². The van der Waals surface area contributed by atoms with Gasteiger partial charge in [0, 0.05) is 11.8 Å². The van der Waals surface area contributed by atoms with Gasteiger partial charge in [0.2, 0.25) is 0 Å². The van der Waals surface area contributed by atoms with Crippen molar-refractivity contribution in [1.29, 1.82) is 0 Å². The molecule has 0 aliphatic heterocycles. The van der Waals surface area contributed by atoms with Crippen molar-refractivity contribution in [3.05, 3.63) is 0 Å². The summed E-state index contributed by atoms with van der Waals surface area (Å²) in [5, 5.41) is 3.35. The van der Waals surface area contributed by atoms with E-state index in [0.29, 0.717) is 18.6 Å². The average molecular weight is 245 g/mol. The van der Waals surface area contributed by atoms with E-state index in [9.17, 15) is 4.79 Å². The Hall–Kier alpha value is -0.220. The van der Waals surface area contributed by atoms with Crippen molar-refractivity contribution < 1.29 is 9.53 Å². The third kappa shape index (κ3) is 5.75. The molecule has 94 valence electrons. The monoisotopic (exact) mass is 245 g/mol. The summed E-state index contributed by atoms with van der Waals surface area (Å²) in [6.07, 6.45) is 2.40. The molecule has 0 heterocycles. The van der Waals surface area contributed by atoms with Gasteiger partial charge >= 0.3 is 5.97 Å². The van der Waals surface area contributed by atoms with Crippen molar-refractivity contribution in [3.63, 3.8) is 0 Å². The van der Waals surface area contributed by atoms with Crippen LogP contribution in [0, 0.1) is 5.92 Å². The molecule has 1 aliphatic carbocycles. The van der Waals surface area contributed by atoms with Gasteiger partial charge in [-0.05, 0) is 31.4 Å². The van der Waals surface area contributed by atoms with Crippen molar-refractivity contribution in [2.75, 3.05) is 18.1 Å². The van der Waals surface area contributed by atoms with Gasteiger partial charge in [0.1, 0.15) is 6.04 Å². The second-order valence-electron chi connectivity index (χ2n) is 4.68. The van der Waals surface area contributed by atoms with Crippen LogP contribution in [-0.4, -0.2) is 36.2 Å². The summed E-state index contributed by atoms with van der Waals surface area (Å²) < 4.78 is 5.08. The summed E-state index contributed by atoms with van der Waals surface area (Å²) in [6, 6.07) is 0.435. The smallest absolute Gasteiger partial charge is 0.323 e. The Labute approximate surface area is 103 Å². The molecule has 16 heavy (non-hydrogen) atoms. The maximum absolute atomic E-state index is 11.7. The number of esters is 1. The SMILES string of the molecule is CCOC(=O)C(CSCC(C)C)NC1CC1. The second-order valence-corrected chi connectivity index (χ2v) is 5.75. The highest BCUT2D eigenvalue weighted by atomic mass is 32.2. The fourth-order valence-corrected chi connectivity index (χ4v) is 2.46. The summed E-state index contributed by atoms with van der Waals surface area (Å²) >= 11 is 1.83. The minimum Gasteiger partial charge on any atom is -0.465 e. The predicted molar refractivity (Wildman–Crippen MR) is 68.7 cm³/mol. The molecule has 0 aromatic rings. The fourth-order valence-electron chi connectivity index (χ4n) is 1.38. The van der Waals surface area contributed by atoms with Gasteiger partial charge in [0.15, 0.2) is 0 Å². The summed E-state index contributed by atoms with van der Waals surface area (Å²) in [4.78, 5) is 11.7. The van der Waals surface area contributed by atoms with Crippen LogP contribution < -0.4 is 5.32 Å². The lowest BCUT2D eigenvalue weighted by Crippen LogP contribution is -2.41. The Bertz CT molecular complexity index is 217. The molecule has 0 bridgehead atoms. The van der Waals surface area contributed by atoms with Crippen molar-refractivity contribution in [1.82, 2.24) is 5.32 Å². The van der Waals surface area contributed by atoms with Gasteiger partial charge in [-0.1, -0.05) is 13.8 Å². The van der Waals surface area contributed by atoms with E-state index in [2.05, 4.69) is 19.2 Å². The molecule has 0 radical (unpaired) electrons. The quantitative estimate of drug-likeness (QED) is 0.664. The number of rotatable bonds is 8. The standard InChI is InChI=1S/C12H23NO2S/c1-4-15-12(14)11(13-10-5-6-10)8-16-7-9(2)3/h9-11,13H,4-8H2,1-3H3. The van der Waals surface area contributed by atoms with Gasteiger partial charge in [-0.2, -0.15) is 11.8 Å². The first-order chi connectivity index (χ1) is 7.63. The third-order valence-corrected chi connectivity index (χ3v) is 3.79. The molecule has 0 aromatic carbocycles. The lowest BCUT2D eigenvalue weighted by Gasteiger charge is -2.17. The fraction of sp³-hybridized carbons (Fsp3) is 0.917. The Morgan fingerprint density at radius 2 is 2.12 bits per heavy atom. The number of hydrogen-bond acceptors (Lipinski definition) is 4. The van der Waals surface area contributed by atoms with Crippen molar-refractivity contribution >= 4 is 17.7 Å². The first-order valence-electron chi connectivity index (χ1n) is 6.14. The molecular formula is C12H23NO2S. The molecule has 4 heteroatoms. The lowest BCUT2D eigenvalue weighted by atomic mass is 10.3. The van der Waals surface area contributed by atoms with Crippen LogP contribution in [0.25, 0.3) is 0 Å². The van der Waals surface area contributed by atoms with Gasteiger partial charge in [-0.15, -0.1) is 0 Å². The van der Waals surface area contributed by atoms with Crippen LogP contribution in [0.3, 0.4) is 0 Å². The average Bonchev–Trinajstić information content (AvgIpc) is 3.00. The minimum absolute atomic E-state index is 0.0920. The molecule has 0 saturated heterocycles. The minimum atomic E-state index is -0.115. The molecular weight excluding hydrogens is 222 g/mol. The number of nitrogens with one attached hydrogen (secondary N) is 1. The second kappa shape index (κ2) is 7.17. The molecule has 0 amide bonds. The van der Waals surface area contributed by atoms with Crippen LogP contribution in [0.15, 0.2) is 0 Å². The van der Waals surface area contributed by atoms with Gasteiger partial charge in [-0.25, -0.2) is 0 Å². The molecule has 1 N–H and O–H groups in total. The molecule has 1 aliphatic rings. The third-order valence-electron chi connectivity index (χ3n) is 2.32. The molecule has 1 rings (SSSR count). The summed E-state index contributed by atoms with van der Waals surface area (Å²) in [7, 11) is 0. The highest BCUT2D eigenvalue weighted by Crippen LogP contribution is 2.21. The van der Waals surface area contributed by atoms with E-state index in [0.717, 1.165) is 11.5 Å². The molecule has 3 nitrogen and oxygen atoms in total. The summed E-state index contributed by atoms with van der Waals surface area (Å²) in [5.74, 6) is 2.51. The molecule has 0 spiro atoms. The van der Waals surface area contributed by atoms with Crippen molar-refractivity contribution in [2.45, 2.75) is 45.7 Å². The first kappa shape index (κ1) is 13.8. The zero-order valence-corrected chi connectivity index (χ0v) is 11.3. The van der Waals surface area contributed by atoms with Crippen LogP contribution in [0.4, 0.5) is 0 Å². The number of hydrogen-bond donors (Lipinski definition) is 1. The van der Waals surface area contributed by atoms with Gasteiger partial charge in [-0.3, -0.25) is 4.79 Å². The largest absolute Gasteiger partial charge is 0.465 e. The topological polar surface area (TPSA) is 38.3 Å². The zero-order valence-electron chi connectivity index (χ0n) is 10.5. The van der Waals surface area contributed by atoms with E-state index in [-0.39, 0.29) is 12.0 Å². The maximum Gasteiger partial charge on any atom is 0.323 e. The number of ether oxygens (including phenoxy) is 1. The van der Waals surface area contributed by atoms with Gasteiger partial charge in [0.05, 0.1) is 6.61 Å². The molecule has 0 aromatic heterocycles. The van der Waals surface area contributed by atoms with E-state index < -0.39 is 0 Å². The summed E-state index contributed by atoms with van der Waals surface area (Å²) in [6.45, 7) is 6.71. The Kier molecular flexibility index (Phi) is 6.21. The first-order valence-corrected chi connectivity index (χ1v) is 7.29. The maximum atomic E-state index is 11.7. The Morgan fingerprint density at radius 3 is 2.62 bits per heavy atom. The predicted octanol–water partition coefficient (Wildman–Crippen LogP) is 2.06. The van der Waals surface area contributed by atoms with Crippen molar-refractivity contribution in [2.24, 2.45) is 5.92 Å². The molecule has 1 unspecified atom stereocenters. The van der Waals surface area contributed by atoms with E-state index in [4.69, 9.17) is 4.74 Å². The van der Waals surface area contributed by atoms with E-state index in [1.807, 2.05) is 18.7 Å². The van der Waals surface area contributed by atoms with Gasteiger partial charge in [0.25, 0.3) is 0 Å². The van der Waals surface area contributed by atoms with Crippen molar-refractivity contribution in [3.8, 4) is 0 Å². The number of thioether (sulfide) groups is 1. The Morgan fingerprint density at radius 1 is 1.44 bits per heavy atom. The normalized spacial score (nSPS) is 17.5. The highest BCUT2D eigenvalue weighted by Gasteiger charge is 2.28. The van der Waals surface area contributed by atoms with E-state index >= 15 is 0 Å². The zero-order chi connectivity index (χ0) is 12.0. The van der Waals surface area contributed by atoms with Crippen LogP contribution in [-0.2, 0) is 9.53 Å². The number of carbonyl (C=O) groups excluding carboxylic acids is 1.